The summed E-state index contributed by atoms with van der Waals surface area (Å²) in [5, 5.41) is 10.4. The summed E-state index contributed by atoms with van der Waals surface area (Å²) in [6.07, 6.45) is 2.71. The first kappa shape index (κ1) is 13.6. The smallest absolute Gasteiger partial charge is 0.550 e. The van der Waals surface area contributed by atoms with Gasteiger partial charge in [-0.1, -0.05) is 33.6 Å². The van der Waals surface area contributed by atoms with E-state index in [0.29, 0.717) is 6.42 Å². The minimum atomic E-state index is -0.944. The third-order valence-corrected chi connectivity index (χ3v) is 1.71. The average Bonchev–Trinajstić information content (AvgIpc) is 1.84. The SMILES string of the molecule is CCCCC(C)(C)C(=O)[O-].[Mn+2]. The maximum absolute atomic E-state index is 10.4. The number of hydrogen-bond donors (Lipinski definition) is 0. The average molecular weight is 198 g/mol. The maximum atomic E-state index is 10.4. The van der Waals surface area contributed by atoms with Crippen molar-refractivity contribution in [3.63, 3.8) is 0 Å². The molecule has 0 aromatic rings. The Morgan fingerprint density at radius 3 is 2.18 bits per heavy atom. The number of aliphatic carboxylic acids is 1. The number of carboxylic acid groups (broad SMARTS) is 1. The van der Waals surface area contributed by atoms with Crippen LogP contribution in [-0.2, 0) is 21.9 Å². The zero-order valence-corrected chi connectivity index (χ0v) is 8.50. The summed E-state index contributed by atoms with van der Waals surface area (Å²) in [6, 6.07) is 0. The van der Waals surface area contributed by atoms with E-state index in [2.05, 4.69) is 0 Å². The van der Waals surface area contributed by atoms with E-state index in [-0.39, 0.29) is 17.1 Å². The van der Waals surface area contributed by atoms with Crippen LogP contribution < -0.4 is 5.11 Å². The van der Waals surface area contributed by atoms with Crippen molar-refractivity contribution < 1.29 is 27.0 Å². The van der Waals surface area contributed by atoms with E-state index in [9.17, 15) is 9.90 Å². The zero-order chi connectivity index (χ0) is 8.20. The third kappa shape index (κ3) is 5.28. The quantitative estimate of drug-likeness (QED) is 0.631. The first-order valence-corrected chi connectivity index (χ1v) is 3.72. The van der Waals surface area contributed by atoms with Crippen molar-refractivity contribution in [2.75, 3.05) is 0 Å². The van der Waals surface area contributed by atoms with Gasteiger partial charge < -0.3 is 9.90 Å². The van der Waals surface area contributed by atoms with Gasteiger partial charge in [-0.3, -0.25) is 0 Å². The Balaban J connectivity index is 0. The van der Waals surface area contributed by atoms with Gasteiger partial charge in [0.05, 0.1) is 0 Å². The number of carbonyl (C=O) groups is 1. The Morgan fingerprint density at radius 1 is 1.45 bits per heavy atom. The van der Waals surface area contributed by atoms with E-state index in [1.165, 1.54) is 0 Å². The van der Waals surface area contributed by atoms with Gasteiger partial charge in [0.25, 0.3) is 0 Å². The van der Waals surface area contributed by atoms with Crippen LogP contribution in [0.4, 0.5) is 0 Å². The van der Waals surface area contributed by atoms with Crippen LogP contribution in [0.3, 0.4) is 0 Å². The molecule has 0 aromatic heterocycles. The van der Waals surface area contributed by atoms with E-state index in [0.717, 1.165) is 12.8 Å². The Labute approximate surface area is 78.8 Å². The maximum Gasteiger partial charge on any atom is 2.00 e. The molecule has 0 fully saturated rings. The number of unbranched alkanes of at least 4 members (excludes halogenated alkanes) is 1. The van der Waals surface area contributed by atoms with Gasteiger partial charge in [0.2, 0.25) is 0 Å². The summed E-state index contributed by atoms with van der Waals surface area (Å²) in [5.74, 6) is -0.944. The fourth-order valence-corrected chi connectivity index (χ4v) is 0.721. The Hall–Kier alpha value is -0.0105. The van der Waals surface area contributed by atoms with E-state index in [1.54, 1.807) is 13.8 Å². The van der Waals surface area contributed by atoms with Gasteiger partial charge in [-0.2, -0.15) is 0 Å². The zero-order valence-electron chi connectivity index (χ0n) is 7.32. The second-order valence-corrected chi connectivity index (χ2v) is 3.27. The van der Waals surface area contributed by atoms with E-state index >= 15 is 0 Å². The predicted octanol–water partition coefficient (Wildman–Crippen LogP) is 0.950. The van der Waals surface area contributed by atoms with Crippen molar-refractivity contribution in [3.8, 4) is 0 Å². The summed E-state index contributed by atoms with van der Waals surface area (Å²) < 4.78 is 0. The van der Waals surface area contributed by atoms with E-state index in [4.69, 9.17) is 0 Å². The van der Waals surface area contributed by atoms with Crippen LogP contribution >= 0.6 is 0 Å². The Morgan fingerprint density at radius 2 is 1.91 bits per heavy atom. The molecular formula is C8H15MnO2+. The summed E-state index contributed by atoms with van der Waals surface area (Å²) in [7, 11) is 0. The van der Waals surface area contributed by atoms with Gasteiger partial charge in [-0.15, -0.1) is 0 Å². The van der Waals surface area contributed by atoms with Gasteiger partial charge in [-0.25, -0.2) is 0 Å². The number of hydrogen-bond acceptors (Lipinski definition) is 2. The fraction of sp³-hybridized carbons (Fsp3) is 0.875. The van der Waals surface area contributed by atoms with Gasteiger partial charge >= 0.3 is 17.1 Å². The first-order chi connectivity index (χ1) is 4.50. The second kappa shape index (κ2) is 5.62. The molecule has 0 spiro atoms. The number of rotatable bonds is 4. The molecule has 0 atom stereocenters. The Bertz CT molecular complexity index is 121. The molecule has 3 heteroatoms. The minimum Gasteiger partial charge on any atom is -0.550 e. The molecular weight excluding hydrogens is 183 g/mol. The van der Waals surface area contributed by atoms with Crippen molar-refractivity contribution >= 4 is 5.97 Å². The van der Waals surface area contributed by atoms with Crippen LogP contribution in [-0.4, -0.2) is 5.97 Å². The van der Waals surface area contributed by atoms with Crippen molar-refractivity contribution in [3.05, 3.63) is 0 Å². The van der Waals surface area contributed by atoms with Gasteiger partial charge in [0.1, 0.15) is 0 Å². The molecule has 0 amide bonds. The van der Waals surface area contributed by atoms with Crippen LogP contribution in [0, 0.1) is 5.41 Å². The number of carbonyl (C=O) groups excluding carboxylic acids is 1. The van der Waals surface area contributed by atoms with Crippen LogP contribution in [0.2, 0.25) is 0 Å². The largest absolute Gasteiger partial charge is 2.00 e. The van der Waals surface area contributed by atoms with Gasteiger partial charge in [0.15, 0.2) is 0 Å². The van der Waals surface area contributed by atoms with E-state index in [1.807, 2.05) is 6.92 Å². The molecule has 1 radical (unpaired) electrons. The van der Waals surface area contributed by atoms with Crippen molar-refractivity contribution in [1.82, 2.24) is 0 Å². The molecule has 0 saturated carbocycles. The standard InChI is InChI=1S/C8H16O2.Mn/c1-4-5-6-8(2,3)7(9)10;/h4-6H2,1-3H3,(H,9,10);/q;+2/p-1. The molecule has 0 aliphatic heterocycles. The van der Waals surface area contributed by atoms with E-state index < -0.39 is 11.4 Å². The van der Waals surface area contributed by atoms with Crippen molar-refractivity contribution in [1.29, 1.82) is 0 Å². The van der Waals surface area contributed by atoms with Crippen LogP contribution in [0.5, 0.6) is 0 Å². The fourth-order valence-electron chi connectivity index (χ4n) is 0.721. The molecule has 0 aromatic carbocycles. The topological polar surface area (TPSA) is 40.1 Å². The molecule has 0 N–H and O–H groups in total. The summed E-state index contributed by atoms with van der Waals surface area (Å²) in [5.41, 5.74) is -0.643. The monoisotopic (exact) mass is 198 g/mol. The molecule has 0 heterocycles. The first-order valence-electron chi connectivity index (χ1n) is 3.72. The van der Waals surface area contributed by atoms with Crippen LogP contribution in [0.25, 0.3) is 0 Å². The van der Waals surface area contributed by atoms with Crippen LogP contribution in [0.1, 0.15) is 40.0 Å². The Kier molecular flexibility index (Phi) is 6.93. The summed E-state index contributed by atoms with van der Waals surface area (Å²) >= 11 is 0. The molecule has 0 bridgehead atoms. The van der Waals surface area contributed by atoms with Gasteiger partial charge in [0, 0.05) is 11.4 Å². The van der Waals surface area contributed by atoms with Crippen molar-refractivity contribution in [2.45, 2.75) is 40.0 Å². The second-order valence-electron chi connectivity index (χ2n) is 3.27. The predicted molar refractivity (Wildman–Crippen MR) is 38.3 cm³/mol. The molecule has 0 rings (SSSR count). The third-order valence-electron chi connectivity index (χ3n) is 1.71. The molecule has 0 unspecified atom stereocenters. The molecule has 65 valence electrons. The molecule has 2 nitrogen and oxygen atoms in total. The van der Waals surface area contributed by atoms with Crippen LogP contribution in [0.15, 0.2) is 0 Å². The normalized spacial score (nSPS) is 10.5. The molecule has 11 heavy (non-hydrogen) atoms. The number of carboxylic acids is 1. The minimum absolute atomic E-state index is 0. The summed E-state index contributed by atoms with van der Waals surface area (Å²) in [4.78, 5) is 10.4. The molecule has 0 saturated heterocycles. The van der Waals surface area contributed by atoms with Crippen molar-refractivity contribution in [2.24, 2.45) is 5.41 Å². The molecule has 0 aliphatic rings. The summed E-state index contributed by atoms with van der Waals surface area (Å²) in [6.45, 7) is 5.46. The molecule has 0 aliphatic carbocycles. The van der Waals surface area contributed by atoms with Gasteiger partial charge in [-0.05, 0) is 6.42 Å².